The fourth-order valence-electron chi connectivity index (χ4n) is 2.41. The molecule has 2 heterocycles. The lowest BCUT2D eigenvalue weighted by Gasteiger charge is -2.23. The number of carbonyl (C=O) groups is 1. The minimum atomic E-state index is -1.63. The minimum Gasteiger partial charge on any atom is -0.387 e. The highest BCUT2D eigenvalue weighted by atomic mass is 19.1. The second-order valence-electron chi connectivity index (χ2n) is 7.71. The number of nitrogens with one attached hydrogen (secondary N) is 3. The zero-order valence-corrected chi connectivity index (χ0v) is 17.2. The van der Waals surface area contributed by atoms with E-state index in [-0.39, 0.29) is 24.0 Å². The number of pyridine rings is 2. The molecule has 7 nitrogen and oxygen atoms in total. The van der Waals surface area contributed by atoms with Crippen LogP contribution in [0.3, 0.4) is 0 Å². The number of hydrogen-bond donors (Lipinski definition) is 4. The lowest BCUT2D eigenvalue weighted by molar-refractivity contribution is -0.00177. The van der Waals surface area contributed by atoms with Crippen molar-refractivity contribution in [3.63, 3.8) is 0 Å². The Morgan fingerprint density at radius 2 is 1.93 bits per heavy atom. The average Bonchev–Trinajstić information content (AvgIpc) is 2.60. The summed E-state index contributed by atoms with van der Waals surface area (Å²) in [6, 6.07) is 2.90. The lowest BCUT2D eigenvalue weighted by atomic mass is 10.0. The second-order valence-corrected chi connectivity index (χ2v) is 7.71. The molecule has 0 aliphatic heterocycles. The summed E-state index contributed by atoms with van der Waals surface area (Å²) in [5.41, 5.74) is -0.234. The number of carbonyl (C=O) groups excluding carboxylic acids is 1. The monoisotopic (exact) mass is 407 g/mol. The molecule has 1 amide bonds. The Kier molecular flexibility index (Phi) is 7.07. The Bertz CT molecular complexity index is 868. The predicted molar refractivity (Wildman–Crippen MR) is 109 cm³/mol. The first-order valence-electron chi connectivity index (χ1n) is 9.27. The SMILES string of the molecule is Cc1cnc(Nc2cc(NC(C)C)c(C(=O)NCC(F)C(C)(C)O)cn2)c(F)c1. The molecule has 0 saturated heterocycles. The van der Waals surface area contributed by atoms with Gasteiger partial charge in [0, 0.05) is 24.5 Å². The van der Waals surface area contributed by atoms with Crippen LogP contribution in [-0.4, -0.2) is 45.3 Å². The zero-order chi connectivity index (χ0) is 21.8. The summed E-state index contributed by atoms with van der Waals surface area (Å²) in [6.45, 7) is 7.83. The van der Waals surface area contributed by atoms with Crippen LogP contribution >= 0.6 is 0 Å². The van der Waals surface area contributed by atoms with Gasteiger partial charge in [-0.25, -0.2) is 18.7 Å². The molecule has 0 fully saturated rings. The van der Waals surface area contributed by atoms with Crippen LogP contribution in [0.1, 0.15) is 43.6 Å². The molecule has 0 saturated carbocycles. The molecule has 2 rings (SSSR count). The molecule has 2 aromatic heterocycles. The third-order valence-electron chi connectivity index (χ3n) is 4.03. The molecule has 1 atom stereocenters. The number of halogens is 2. The van der Waals surface area contributed by atoms with E-state index >= 15 is 0 Å². The van der Waals surface area contributed by atoms with E-state index in [4.69, 9.17) is 0 Å². The second kappa shape index (κ2) is 9.13. The molecule has 0 aliphatic rings. The topological polar surface area (TPSA) is 99.2 Å². The molecule has 0 aliphatic carbocycles. The highest BCUT2D eigenvalue weighted by molar-refractivity contribution is 5.99. The number of rotatable bonds is 8. The van der Waals surface area contributed by atoms with Crippen LogP contribution in [0.4, 0.5) is 26.1 Å². The van der Waals surface area contributed by atoms with Crippen LogP contribution in [0.5, 0.6) is 0 Å². The van der Waals surface area contributed by atoms with Crippen molar-refractivity contribution in [3.05, 3.63) is 41.5 Å². The number of nitrogens with zero attached hydrogens (tertiary/aromatic N) is 2. The fourth-order valence-corrected chi connectivity index (χ4v) is 2.41. The van der Waals surface area contributed by atoms with Crippen molar-refractivity contribution >= 4 is 23.2 Å². The molecule has 2 aromatic rings. The molecule has 158 valence electrons. The Morgan fingerprint density at radius 1 is 1.24 bits per heavy atom. The lowest BCUT2D eigenvalue weighted by Crippen LogP contribution is -2.42. The van der Waals surface area contributed by atoms with E-state index in [0.29, 0.717) is 17.1 Å². The van der Waals surface area contributed by atoms with E-state index in [2.05, 4.69) is 25.9 Å². The number of aliphatic hydroxyl groups is 1. The van der Waals surface area contributed by atoms with Crippen molar-refractivity contribution in [2.75, 3.05) is 17.2 Å². The van der Waals surface area contributed by atoms with Crippen molar-refractivity contribution in [1.29, 1.82) is 0 Å². The molecular formula is C20H27F2N5O2. The van der Waals surface area contributed by atoms with Crippen LogP contribution in [0.2, 0.25) is 0 Å². The van der Waals surface area contributed by atoms with E-state index in [1.165, 1.54) is 32.3 Å². The summed E-state index contributed by atoms with van der Waals surface area (Å²) in [5.74, 6) is -0.757. The maximum atomic E-state index is 14.0. The molecule has 1 unspecified atom stereocenters. The van der Waals surface area contributed by atoms with E-state index in [0.717, 1.165) is 0 Å². The molecule has 0 spiro atoms. The molecular weight excluding hydrogens is 380 g/mol. The van der Waals surface area contributed by atoms with Gasteiger partial charge in [0.2, 0.25) is 0 Å². The van der Waals surface area contributed by atoms with Gasteiger partial charge in [-0.05, 0) is 46.2 Å². The largest absolute Gasteiger partial charge is 0.387 e. The number of amides is 1. The molecule has 9 heteroatoms. The summed E-state index contributed by atoms with van der Waals surface area (Å²) >= 11 is 0. The summed E-state index contributed by atoms with van der Waals surface area (Å²) in [7, 11) is 0. The summed E-state index contributed by atoms with van der Waals surface area (Å²) in [4.78, 5) is 20.6. The number of anilines is 3. The smallest absolute Gasteiger partial charge is 0.255 e. The van der Waals surface area contributed by atoms with Gasteiger partial charge in [-0.2, -0.15) is 0 Å². The van der Waals surface area contributed by atoms with Crippen LogP contribution < -0.4 is 16.0 Å². The summed E-state index contributed by atoms with van der Waals surface area (Å²) in [5, 5.41) is 18.0. The first-order chi connectivity index (χ1) is 13.5. The molecule has 4 N–H and O–H groups in total. The third-order valence-corrected chi connectivity index (χ3v) is 4.03. The van der Waals surface area contributed by atoms with Gasteiger partial charge in [0.25, 0.3) is 5.91 Å². The number of aryl methyl sites for hydroxylation is 1. The van der Waals surface area contributed by atoms with Crippen molar-refractivity contribution in [3.8, 4) is 0 Å². The van der Waals surface area contributed by atoms with Gasteiger partial charge in [0.1, 0.15) is 12.0 Å². The first kappa shape index (κ1) is 22.5. The quantitative estimate of drug-likeness (QED) is 0.536. The highest BCUT2D eigenvalue weighted by Crippen LogP contribution is 2.23. The number of hydrogen-bond acceptors (Lipinski definition) is 6. The van der Waals surface area contributed by atoms with E-state index in [1.807, 2.05) is 13.8 Å². The van der Waals surface area contributed by atoms with Gasteiger partial charge in [-0.1, -0.05) is 0 Å². The maximum absolute atomic E-state index is 14.0. The Morgan fingerprint density at radius 3 is 2.52 bits per heavy atom. The highest BCUT2D eigenvalue weighted by Gasteiger charge is 2.27. The molecule has 29 heavy (non-hydrogen) atoms. The van der Waals surface area contributed by atoms with Gasteiger partial charge in [0.05, 0.1) is 23.4 Å². The minimum absolute atomic E-state index is 0.00339. The van der Waals surface area contributed by atoms with Gasteiger partial charge < -0.3 is 21.1 Å². The van der Waals surface area contributed by atoms with Crippen molar-refractivity contribution in [2.45, 2.75) is 52.4 Å². The first-order valence-corrected chi connectivity index (χ1v) is 9.27. The third kappa shape index (κ3) is 6.35. The molecule has 0 radical (unpaired) electrons. The van der Waals surface area contributed by atoms with E-state index in [9.17, 15) is 18.7 Å². The van der Waals surface area contributed by atoms with Gasteiger partial charge in [-0.3, -0.25) is 4.79 Å². The Balaban J connectivity index is 2.23. The summed E-state index contributed by atoms with van der Waals surface area (Å²) < 4.78 is 28.0. The van der Waals surface area contributed by atoms with E-state index in [1.54, 1.807) is 13.0 Å². The van der Waals surface area contributed by atoms with Crippen LogP contribution in [0.15, 0.2) is 24.5 Å². The predicted octanol–water partition coefficient (Wildman–Crippen LogP) is 3.33. The Labute approximate surface area is 169 Å². The van der Waals surface area contributed by atoms with E-state index < -0.39 is 23.5 Å². The molecule has 0 aromatic carbocycles. The van der Waals surface area contributed by atoms with Crippen LogP contribution in [-0.2, 0) is 0 Å². The molecule has 0 bridgehead atoms. The van der Waals surface area contributed by atoms with Gasteiger partial charge >= 0.3 is 0 Å². The average molecular weight is 407 g/mol. The fraction of sp³-hybridized carbons (Fsp3) is 0.450. The normalized spacial score (nSPS) is 12.6. The summed E-state index contributed by atoms with van der Waals surface area (Å²) in [6.07, 6.45) is 1.21. The van der Waals surface area contributed by atoms with Gasteiger partial charge in [-0.15, -0.1) is 0 Å². The zero-order valence-electron chi connectivity index (χ0n) is 17.2. The number of alkyl halides is 1. The van der Waals surface area contributed by atoms with Crippen molar-refractivity contribution in [2.24, 2.45) is 0 Å². The van der Waals surface area contributed by atoms with Crippen molar-refractivity contribution in [1.82, 2.24) is 15.3 Å². The van der Waals surface area contributed by atoms with Crippen molar-refractivity contribution < 1.29 is 18.7 Å². The van der Waals surface area contributed by atoms with Crippen LogP contribution in [0.25, 0.3) is 0 Å². The van der Waals surface area contributed by atoms with Gasteiger partial charge in [0.15, 0.2) is 11.6 Å². The standard InChI is InChI=1S/C20H27F2N5O2/c1-11(2)26-15-7-17(27-18-14(21)6-12(3)8-24-18)23-9-13(15)19(28)25-10-16(22)20(4,5)29/h6-9,11,16,29H,10H2,1-5H3,(H,25,28)(H2,23,24,26,27). The maximum Gasteiger partial charge on any atom is 0.255 e. The van der Waals surface area contributed by atoms with Crippen LogP contribution in [0, 0.1) is 12.7 Å². The Hall–Kier alpha value is -2.81. The number of aromatic nitrogens is 2.